The van der Waals surface area contributed by atoms with Gasteiger partial charge in [0.15, 0.2) is 0 Å². The van der Waals surface area contributed by atoms with Crippen molar-refractivity contribution in [3.63, 3.8) is 0 Å². The van der Waals surface area contributed by atoms with Crippen LogP contribution in [0.4, 0.5) is 0 Å². The first-order valence-corrected chi connectivity index (χ1v) is 8.06. The molecule has 128 valence electrons. The van der Waals surface area contributed by atoms with Crippen LogP contribution in [-0.2, 0) is 6.54 Å². The van der Waals surface area contributed by atoms with E-state index in [4.69, 9.17) is 5.11 Å². The number of nitrogens with zero attached hydrogens (tertiary/aromatic N) is 3. The minimum absolute atomic E-state index is 0.140. The number of benzene rings is 1. The molecule has 3 rings (SSSR count). The largest absolute Gasteiger partial charge is 0.395 e. The van der Waals surface area contributed by atoms with Crippen molar-refractivity contribution in [1.82, 2.24) is 19.9 Å². The van der Waals surface area contributed by atoms with Crippen molar-refractivity contribution in [3.8, 4) is 22.6 Å². The molecule has 25 heavy (non-hydrogen) atoms. The summed E-state index contributed by atoms with van der Waals surface area (Å²) in [7, 11) is 1.96. The van der Waals surface area contributed by atoms with Crippen molar-refractivity contribution >= 4 is 0 Å². The van der Waals surface area contributed by atoms with Crippen LogP contribution in [0.5, 0.6) is 0 Å². The smallest absolute Gasteiger partial charge is 0.251 e. The van der Waals surface area contributed by atoms with Crippen LogP contribution in [0.15, 0.2) is 59.7 Å². The van der Waals surface area contributed by atoms with E-state index in [-0.39, 0.29) is 12.2 Å². The maximum atomic E-state index is 12.0. The van der Waals surface area contributed by atoms with Gasteiger partial charge in [-0.15, -0.1) is 0 Å². The first kappa shape index (κ1) is 17.0. The minimum atomic E-state index is -0.199. The predicted molar refractivity (Wildman–Crippen MR) is 96.9 cm³/mol. The summed E-state index contributed by atoms with van der Waals surface area (Å²) < 4.78 is 0. The van der Waals surface area contributed by atoms with Gasteiger partial charge in [0.2, 0.25) is 0 Å². The molecule has 0 saturated heterocycles. The van der Waals surface area contributed by atoms with Crippen molar-refractivity contribution in [2.24, 2.45) is 0 Å². The molecule has 0 aliphatic heterocycles. The molecular weight excluding hydrogens is 316 g/mol. The second-order valence-electron chi connectivity index (χ2n) is 5.88. The third kappa shape index (κ3) is 4.37. The maximum Gasteiger partial charge on any atom is 0.251 e. The summed E-state index contributed by atoms with van der Waals surface area (Å²) in [6.07, 6.45) is 3.37. The Hall–Kier alpha value is -2.83. The van der Waals surface area contributed by atoms with E-state index in [1.54, 1.807) is 12.4 Å². The van der Waals surface area contributed by atoms with Crippen LogP contribution >= 0.6 is 0 Å². The standard InChI is InChI=1S/C19H20N4O2/c1-23(9-10-24)13-14-4-6-15(7-5-14)19-21-17(11-18(25)22-19)16-3-2-8-20-12-16/h2-8,11-12,24H,9-10,13H2,1H3,(H,21,22,25). The maximum absolute atomic E-state index is 12.0. The van der Waals surface area contributed by atoms with Gasteiger partial charge in [-0.2, -0.15) is 0 Å². The molecule has 0 unspecified atom stereocenters. The van der Waals surface area contributed by atoms with E-state index < -0.39 is 0 Å². The van der Waals surface area contributed by atoms with Crippen molar-refractivity contribution in [1.29, 1.82) is 0 Å². The number of hydrogen-bond acceptors (Lipinski definition) is 5. The summed E-state index contributed by atoms with van der Waals surface area (Å²) in [6.45, 7) is 1.52. The Morgan fingerprint density at radius 1 is 1.16 bits per heavy atom. The van der Waals surface area contributed by atoms with Gasteiger partial charge in [-0.3, -0.25) is 14.7 Å². The summed E-state index contributed by atoms with van der Waals surface area (Å²) in [5.41, 5.74) is 3.17. The molecule has 2 heterocycles. The van der Waals surface area contributed by atoms with Crippen molar-refractivity contribution < 1.29 is 5.11 Å². The van der Waals surface area contributed by atoms with Gasteiger partial charge in [0.1, 0.15) is 5.82 Å². The van der Waals surface area contributed by atoms with Gasteiger partial charge in [0.05, 0.1) is 12.3 Å². The van der Waals surface area contributed by atoms with E-state index in [9.17, 15) is 4.79 Å². The number of aliphatic hydroxyl groups excluding tert-OH is 1. The molecule has 6 nitrogen and oxygen atoms in total. The normalized spacial score (nSPS) is 11.0. The Morgan fingerprint density at radius 2 is 1.96 bits per heavy atom. The molecule has 0 bridgehead atoms. The summed E-state index contributed by atoms with van der Waals surface area (Å²) in [5, 5.41) is 8.97. The molecule has 1 aromatic carbocycles. The van der Waals surface area contributed by atoms with Crippen LogP contribution in [0.1, 0.15) is 5.56 Å². The quantitative estimate of drug-likeness (QED) is 0.719. The second-order valence-corrected chi connectivity index (χ2v) is 5.88. The summed E-state index contributed by atoms with van der Waals surface area (Å²) in [4.78, 5) is 25.4. The second kappa shape index (κ2) is 7.83. The highest BCUT2D eigenvalue weighted by Crippen LogP contribution is 2.19. The number of nitrogens with one attached hydrogen (secondary N) is 1. The zero-order valence-corrected chi connectivity index (χ0v) is 14.0. The van der Waals surface area contributed by atoms with Gasteiger partial charge in [0, 0.05) is 42.7 Å². The highest BCUT2D eigenvalue weighted by atomic mass is 16.3. The Bertz CT molecular complexity index is 876. The lowest BCUT2D eigenvalue weighted by molar-refractivity contribution is 0.217. The van der Waals surface area contributed by atoms with Crippen molar-refractivity contribution in [2.75, 3.05) is 20.2 Å². The van der Waals surface area contributed by atoms with Gasteiger partial charge in [-0.1, -0.05) is 24.3 Å². The number of aromatic nitrogens is 3. The number of rotatable bonds is 6. The Balaban J connectivity index is 1.87. The van der Waals surface area contributed by atoms with E-state index in [1.807, 2.05) is 48.3 Å². The molecule has 0 amide bonds. The van der Waals surface area contributed by atoms with Gasteiger partial charge in [-0.25, -0.2) is 4.98 Å². The van der Waals surface area contributed by atoms with Crippen molar-refractivity contribution in [3.05, 3.63) is 70.8 Å². The van der Waals surface area contributed by atoms with Gasteiger partial charge < -0.3 is 10.1 Å². The average molecular weight is 336 g/mol. The molecule has 0 aliphatic rings. The van der Waals surface area contributed by atoms with Gasteiger partial charge in [-0.05, 0) is 24.7 Å². The van der Waals surface area contributed by atoms with Crippen LogP contribution < -0.4 is 5.56 Å². The zero-order valence-electron chi connectivity index (χ0n) is 14.0. The molecule has 0 atom stereocenters. The van der Waals surface area contributed by atoms with Crippen molar-refractivity contribution in [2.45, 2.75) is 6.54 Å². The fourth-order valence-corrected chi connectivity index (χ4v) is 2.59. The fraction of sp³-hybridized carbons (Fsp3) is 0.211. The number of likely N-dealkylation sites (N-methyl/N-ethyl adjacent to an activating group) is 1. The van der Waals surface area contributed by atoms with E-state index in [0.29, 0.717) is 18.1 Å². The Labute approximate surface area is 145 Å². The number of aliphatic hydroxyl groups is 1. The molecule has 3 aromatic rings. The topological polar surface area (TPSA) is 82.1 Å². The molecule has 2 aromatic heterocycles. The van der Waals surface area contributed by atoms with Gasteiger partial charge >= 0.3 is 0 Å². The van der Waals surface area contributed by atoms with Crippen LogP contribution in [-0.4, -0.2) is 45.2 Å². The highest BCUT2D eigenvalue weighted by molar-refractivity contribution is 5.62. The Kier molecular flexibility index (Phi) is 5.33. The molecule has 2 N–H and O–H groups in total. The summed E-state index contributed by atoms with van der Waals surface area (Å²) >= 11 is 0. The average Bonchev–Trinajstić information content (AvgIpc) is 2.63. The third-order valence-corrected chi connectivity index (χ3v) is 3.86. The van der Waals surface area contributed by atoms with Crippen LogP contribution in [0, 0.1) is 0 Å². The fourth-order valence-electron chi connectivity index (χ4n) is 2.59. The lowest BCUT2D eigenvalue weighted by Gasteiger charge is -2.15. The molecule has 0 aliphatic carbocycles. The van der Waals surface area contributed by atoms with Crippen LogP contribution in [0.25, 0.3) is 22.6 Å². The zero-order chi connectivity index (χ0) is 17.6. The summed E-state index contributed by atoms with van der Waals surface area (Å²) in [5.74, 6) is 0.529. The van der Waals surface area contributed by atoms with E-state index in [2.05, 4.69) is 15.0 Å². The molecule has 6 heteroatoms. The first-order chi connectivity index (χ1) is 12.2. The van der Waals surface area contributed by atoms with E-state index in [0.717, 1.165) is 23.2 Å². The number of aromatic amines is 1. The van der Waals surface area contributed by atoms with E-state index >= 15 is 0 Å². The van der Waals surface area contributed by atoms with Gasteiger partial charge in [0.25, 0.3) is 5.56 Å². The SMILES string of the molecule is CN(CCO)Cc1ccc(-c2nc(-c3cccnc3)cc(=O)[nH]2)cc1. The number of hydrogen-bond donors (Lipinski definition) is 2. The predicted octanol–water partition coefficient (Wildman–Crippen LogP) is 1.92. The minimum Gasteiger partial charge on any atom is -0.395 e. The number of pyridine rings is 1. The van der Waals surface area contributed by atoms with Crippen LogP contribution in [0.2, 0.25) is 0 Å². The first-order valence-electron chi connectivity index (χ1n) is 8.06. The van der Waals surface area contributed by atoms with Crippen LogP contribution in [0.3, 0.4) is 0 Å². The molecule has 0 spiro atoms. The molecule has 0 radical (unpaired) electrons. The monoisotopic (exact) mass is 336 g/mol. The lowest BCUT2D eigenvalue weighted by Crippen LogP contribution is -2.21. The summed E-state index contributed by atoms with van der Waals surface area (Å²) in [6, 6.07) is 13.0. The lowest BCUT2D eigenvalue weighted by atomic mass is 10.1. The number of H-pyrrole nitrogens is 1. The third-order valence-electron chi connectivity index (χ3n) is 3.86. The molecular formula is C19H20N4O2. The Morgan fingerprint density at radius 3 is 2.64 bits per heavy atom. The van der Waals surface area contributed by atoms with E-state index in [1.165, 1.54) is 6.07 Å². The molecule has 0 fully saturated rings. The molecule has 0 saturated carbocycles. The highest BCUT2D eigenvalue weighted by Gasteiger charge is 2.07.